The summed E-state index contributed by atoms with van der Waals surface area (Å²) in [5.74, 6) is -6.47. The third-order valence-corrected chi connectivity index (χ3v) is 10.3. The van der Waals surface area contributed by atoms with Gasteiger partial charge in [0.2, 0.25) is 17.5 Å². The molecule has 460 valence electrons. The molecule has 0 aromatic heterocycles. The number of nitrogen functional groups attached to an aromatic ring is 1. The first kappa shape index (κ1) is 75.1. The van der Waals surface area contributed by atoms with E-state index in [-0.39, 0.29) is 124 Å². The van der Waals surface area contributed by atoms with E-state index < -0.39 is 47.2 Å². The van der Waals surface area contributed by atoms with Gasteiger partial charge in [-0.25, -0.2) is 19.2 Å². The molecular weight excluding hydrogens is 1120 g/mol. The minimum absolute atomic E-state index is 0. The van der Waals surface area contributed by atoms with E-state index in [0.717, 1.165) is 12.1 Å². The summed E-state index contributed by atoms with van der Waals surface area (Å²) in [5.41, 5.74) is 8.19. The van der Waals surface area contributed by atoms with E-state index in [1.165, 1.54) is 74.9 Å². The number of rotatable bonds is 20. The van der Waals surface area contributed by atoms with Crippen molar-refractivity contribution in [3.8, 4) is 34.5 Å². The molecule has 7 N–H and O–H groups in total. The molecule has 0 saturated heterocycles. The van der Waals surface area contributed by atoms with E-state index in [2.05, 4.69) is 20.1 Å². The van der Waals surface area contributed by atoms with Crippen molar-refractivity contribution in [3.63, 3.8) is 0 Å². The molecule has 0 aliphatic carbocycles. The van der Waals surface area contributed by atoms with Crippen LogP contribution in [0.25, 0.3) is 0 Å². The molecule has 0 unspecified atom stereocenters. The van der Waals surface area contributed by atoms with Gasteiger partial charge in [0, 0.05) is 28.2 Å². The maximum absolute atomic E-state index is 14.6. The van der Waals surface area contributed by atoms with Crippen LogP contribution in [0.4, 0.5) is 30.2 Å². The molecule has 6 aromatic rings. The quantitative estimate of drug-likeness (QED) is 0.0270. The van der Waals surface area contributed by atoms with E-state index in [1.54, 1.807) is 119 Å². The summed E-state index contributed by atoms with van der Waals surface area (Å²) in [6, 6.07) is 26.1. The number of carboxylic acids is 2. The molecule has 0 bridgehead atoms. The Morgan fingerprint density at radius 3 is 0.826 bits per heavy atom. The van der Waals surface area contributed by atoms with Crippen molar-refractivity contribution >= 4 is 52.8 Å². The number of carboxylic acid groups (broad SMARTS) is 2. The number of aromatic carboxylic acids is 2. The monoisotopic (exact) mass is 1200 g/mol. The van der Waals surface area contributed by atoms with E-state index >= 15 is 0 Å². The molecule has 86 heavy (non-hydrogen) atoms. The summed E-state index contributed by atoms with van der Waals surface area (Å²) < 4.78 is 84.6. The number of methoxy groups -OCH3 is 2. The molecule has 24 heteroatoms. The average molecular weight is 1200 g/mol. The largest absolute Gasteiger partial charge is 1.00 e. The molecule has 0 heterocycles. The van der Waals surface area contributed by atoms with Crippen LogP contribution >= 0.6 is 0 Å². The second kappa shape index (κ2) is 36.0. The molecule has 0 radical (unpaired) electrons. The number of nitrogens with one attached hydrogen (secondary N) is 2. The fourth-order valence-corrected chi connectivity index (χ4v) is 6.79. The van der Waals surface area contributed by atoms with Crippen LogP contribution in [0.3, 0.4) is 0 Å². The fourth-order valence-electron chi connectivity index (χ4n) is 6.79. The molecule has 20 nitrogen and oxygen atoms in total. The van der Waals surface area contributed by atoms with Crippen molar-refractivity contribution in [2.24, 2.45) is 0 Å². The molecule has 0 atom stereocenters. The summed E-state index contributed by atoms with van der Waals surface area (Å²) in [4.78, 5) is 69.4. The standard InChI is InChI=1S/C21H24FNO5.C20H22FNO5.C13H17FO4.C8H9NO2.Li.H2O/c1-12(2)27-17-10-15(11-18(19(17)22)28-13(3)4)20(24)23-16-8-6-14(7-9-16)21(25)26-5;1-11(2)26-16-9-14(10-17(18(16)21)27-12(3)4)19(23)22-15-7-5-13(6-8-15)20(24)25;1-7(2)17-10-5-9(13(15)16)6-11(12(10)14)18-8(3)4;1-11-8(10)6-2-4-7(9)5-3-6;;/h6-13H,1-5H3,(H,23,24);5-12H,1-4H3,(H,22,23)(H,24,25);5-8H,1-4H3,(H,15,16);2-5H,9H2,1H3;;1H2/q;;;;+1;/p-1. The summed E-state index contributed by atoms with van der Waals surface area (Å²) >= 11 is 0. The normalized spacial score (nSPS) is 10.3. The van der Waals surface area contributed by atoms with Crippen molar-refractivity contribution in [2.45, 2.75) is 120 Å². The minimum Gasteiger partial charge on any atom is -0.870 e. The first-order valence-corrected chi connectivity index (χ1v) is 26.2. The number of carbonyl (C=O) groups excluding carboxylic acids is 4. The van der Waals surface area contributed by atoms with Gasteiger partial charge in [-0.15, -0.1) is 0 Å². The smallest absolute Gasteiger partial charge is 0.870 e. The molecule has 0 fully saturated rings. The van der Waals surface area contributed by atoms with Gasteiger partial charge in [-0.05, 0) is 192 Å². The Labute approximate surface area is 509 Å². The number of benzene rings is 6. The van der Waals surface area contributed by atoms with Crippen LogP contribution in [0.15, 0.2) is 109 Å². The Morgan fingerprint density at radius 1 is 0.384 bits per heavy atom. The Bertz CT molecular complexity index is 3100. The number of hydrogen-bond acceptors (Lipinski definition) is 16. The number of amides is 2. The summed E-state index contributed by atoms with van der Waals surface area (Å²) in [5, 5.41) is 23.2. The summed E-state index contributed by atoms with van der Waals surface area (Å²) in [6.45, 7) is 21.0. The molecular formula is C62H73F3LiN3O17. The van der Waals surface area contributed by atoms with Gasteiger partial charge in [0.1, 0.15) is 0 Å². The molecule has 6 aromatic carbocycles. The maximum atomic E-state index is 14.6. The van der Waals surface area contributed by atoms with E-state index in [1.807, 2.05) is 0 Å². The van der Waals surface area contributed by atoms with Gasteiger partial charge >= 0.3 is 42.7 Å². The van der Waals surface area contributed by atoms with Gasteiger partial charge in [-0.3, -0.25) is 9.59 Å². The van der Waals surface area contributed by atoms with Crippen LogP contribution in [0.1, 0.15) is 145 Å². The molecule has 0 saturated carbocycles. The van der Waals surface area contributed by atoms with Crippen molar-refractivity contribution in [1.82, 2.24) is 0 Å². The van der Waals surface area contributed by atoms with Crippen LogP contribution in [0, 0.1) is 17.5 Å². The van der Waals surface area contributed by atoms with Crippen LogP contribution < -0.4 is 63.6 Å². The van der Waals surface area contributed by atoms with E-state index in [0.29, 0.717) is 28.2 Å². The summed E-state index contributed by atoms with van der Waals surface area (Å²) in [7, 11) is 2.64. The van der Waals surface area contributed by atoms with Gasteiger partial charge in [-0.1, -0.05) is 0 Å². The predicted molar refractivity (Wildman–Crippen MR) is 312 cm³/mol. The Morgan fingerprint density at radius 2 is 0.605 bits per heavy atom. The Hall–Kier alpha value is -8.91. The zero-order valence-corrected chi connectivity index (χ0v) is 50.6. The number of esters is 2. The van der Waals surface area contributed by atoms with Gasteiger partial charge in [-0.2, -0.15) is 13.2 Å². The van der Waals surface area contributed by atoms with Crippen LogP contribution in [0.5, 0.6) is 34.5 Å². The van der Waals surface area contributed by atoms with Crippen LogP contribution in [-0.4, -0.2) is 102 Å². The topological polar surface area (TPSA) is 297 Å². The Balaban J connectivity index is 0.000000596. The number of hydrogen-bond donors (Lipinski definition) is 5. The number of carbonyl (C=O) groups is 6. The SMILES string of the molecule is CC(C)Oc1cc(C(=O)Nc2ccc(C(=O)O)cc2)cc(OC(C)C)c1F.CC(C)Oc1cc(C(=O)O)cc(OC(C)C)c1F.COC(=O)c1ccc(N)cc1.COC(=O)c1ccc(NC(=O)c2cc(OC(C)C)c(F)c(OC(C)C)c2)cc1.[Li+].[OH-]. The number of anilines is 3. The molecule has 0 aliphatic rings. The predicted octanol–water partition coefficient (Wildman–Crippen LogP) is 9.77. The van der Waals surface area contributed by atoms with E-state index in [4.69, 9.17) is 44.4 Å². The van der Waals surface area contributed by atoms with Crippen molar-refractivity contribution in [3.05, 3.63) is 160 Å². The van der Waals surface area contributed by atoms with Crippen molar-refractivity contribution in [2.75, 3.05) is 30.6 Å². The van der Waals surface area contributed by atoms with Gasteiger partial charge in [0.25, 0.3) is 11.8 Å². The maximum Gasteiger partial charge on any atom is 1.00 e. The zero-order chi connectivity index (χ0) is 63.1. The van der Waals surface area contributed by atoms with E-state index in [9.17, 15) is 41.9 Å². The number of nitrogens with two attached hydrogens (primary N) is 1. The minimum atomic E-state index is -1.16. The zero-order valence-electron chi connectivity index (χ0n) is 50.6. The fraction of sp³-hybridized carbons (Fsp3) is 0.323. The first-order valence-electron chi connectivity index (χ1n) is 26.2. The van der Waals surface area contributed by atoms with Gasteiger partial charge in [0.15, 0.2) is 34.5 Å². The third kappa shape index (κ3) is 24.7. The van der Waals surface area contributed by atoms with Crippen LogP contribution in [0.2, 0.25) is 0 Å². The Kier molecular flexibility index (Phi) is 31.5. The first-order chi connectivity index (χ1) is 39.4. The number of halogens is 3. The summed E-state index contributed by atoms with van der Waals surface area (Å²) in [6.07, 6.45) is -1.62. The van der Waals surface area contributed by atoms with Gasteiger partial charge < -0.3 is 70.0 Å². The molecule has 2 amide bonds. The van der Waals surface area contributed by atoms with Crippen molar-refractivity contribution in [1.29, 1.82) is 0 Å². The molecule has 0 spiro atoms. The average Bonchev–Trinajstić information content (AvgIpc) is 1.55. The van der Waals surface area contributed by atoms with Gasteiger partial charge in [0.05, 0.1) is 73.1 Å². The van der Waals surface area contributed by atoms with Crippen molar-refractivity contribution < 1.29 is 114 Å². The van der Waals surface area contributed by atoms with Crippen LogP contribution in [-0.2, 0) is 9.47 Å². The second-order valence-corrected chi connectivity index (χ2v) is 19.6. The third-order valence-electron chi connectivity index (χ3n) is 10.3. The number of ether oxygens (including phenoxy) is 8. The second-order valence-electron chi connectivity index (χ2n) is 19.6. The molecule has 0 aliphatic heterocycles. The molecule has 6 rings (SSSR count).